The first-order valence-electron chi connectivity index (χ1n) is 7.20. The summed E-state index contributed by atoms with van der Waals surface area (Å²) >= 11 is 0. The smallest absolute Gasteiger partial charge is 0.220 e. The van der Waals surface area contributed by atoms with Crippen LogP contribution in [0.1, 0.15) is 36.4 Å². The summed E-state index contributed by atoms with van der Waals surface area (Å²) in [6.07, 6.45) is 6.66. The Morgan fingerprint density at radius 3 is 3.00 bits per heavy atom. The van der Waals surface area contributed by atoms with E-state index in [-0.39, 0.29) is 11.9 Å². The van der Waals surface area contributed by atoms with Crippen LogP contribution >= 0.6 is 0 Å². The van der Waals surface area contributed by atoms with Crippen LogP contribution in [0.4, 0.5) is 5.82 Å². The third kappa shape index (κ3) is 3.39. The number of hydrogen-bond acceptors (Lipinski definition) is 4. The predicted molar refractivity (Wildman–Crippen MR) is 79.5 cm³/mol. The number of nitrogens with zero attached hydrogens (tertiary/aromatic N) is 2. The molecule has 2 heterocycles. The van der Waals surface area contributed by atoms with Gasteiger partial charge in [0.25, 0.3) is 0 Å². The van der Waals surface area contributed by atoms with Crippen LogP contribution in [0.3, 0.4) is 0 Å². The highest BCUT2D eigenvalue weighted by Crippen LogP contribution is 2.36. The lowest BCUT2D eigenvalue weighted by atomic mass is 9.78. The molecule has 1 saturated carbocycles. The molecule has 0 bridgehead atoms. The number of aryl methyl sites for hydroxylation is 1. The predicted octanol–water partition coefficient (Wildman–Crippen LogP) is 1.38. The van der Waals surface area contributed by atoms with E-state index in [0.29, 0.717) is 18.2 Å². The zero-order valence-corrected chi connectivity index (χ0v) is 11.7. The average molecular weight is 285 g/mol. The molecule has 0 aromatic carbocycles. The number of H-pyrrole nitrogens is 1. The second-order valence-electron chi connectivity index (χ2n) is 5.54. The lowest BCUT2D eigenvalue weighted by Gasteiger charge is -2.35. The highest BCUT2D eigenvalue weighted by Gasteiger charge is 2.32. The maximum absolute atomic E-state index is 11.9. The molecule has 21 heavy (non-hydrogen) atoms. The van der Waals surface area contributed by atoms with Gasteiger partial charge in [-0.15, -0.1) is 0 Å². The van der Waals surface area contributed by atoms with Gasteiger partial charge in [-0.1, -0.05) is 6.07 Å². The van der Waals surface area contributed by atoms with Crippen molar-refractivity contribution < 1.29 is 4.79 Å². The molecule has 1 aliphatic rings. The number of nitrogens with one attached hydrogen (secondary N) is 2. The summed E-state index contributed by atoms with van der Waals surface area (Å²) in [5.41, 5.74) is 7.74. The van der Waals surface area contributed by atoms with Crippen molar-refractivity contribution in [1.29, 1.82) is 0 Å². The fourth-order valence-corrected chi connectivity index (χ4v) is 2.66. The fourth-order valence-electron chi connectivity index (χ4n) is 2.66. The third-order valence-corrected chi connectivity index (χ3v) is 3.92. The van der Waals surface area contributed by atoms with E-state index < -0.39 is 0 Å². The first kappa shape index (κ1) is 13.6. The van der Waals surface area contributed by atoms with E-state index in [1.807, 2.05) is 18.2 Å². The number of nitrogens with two attached hydrogens (primary N) is 1. The Morgan fingerprint density at radius 1 is 1.48 bits per heavy atom. The summed E-state index contributed by atoms with van der Waals surface area (Å²) in [6.45, 7) is 0. The van der Waals surface area contributed by atoms with Crippen molar-refractivity contribution in [3.05, 3.63) is 41.9 Å². The number of carbonyl (C=O) groups is 1. The van der Waals surface area contributed by atoms with Gasteiger partial charge in [-0.3, -0.25) is 14.9 Å². The quantitative estimate of drug-likeness (QED) is 0.773. The molecule has 6 nitrogen and oxygen atoms in total. The lowest BCUT2D eigenvalue weighted by molar-refractivity contribution is -0.122. The Kier molecular flexibility index (Phi) is 3.85. The van der Waals surface area contributed by atoms with Gasteiger partial charge in [0.2, 0.25) is 5.91 Å². The Labute approximate surface area is 123 Å². The van der Waals surface area contributed by atoms with Gasteiger partial charge in [-0.25, -0.2) is 0 Å². The van der Waals surface area contributed by atoms with Crippen LogP contribution in [-0.4, -0.2) is 27.1 Å². The monoisotopic (exact) mass is 285 g/mol. The molecule has 0 saturated heterocycles. The van der Waals surface area contributed by atoms with Gasteiger partial charge in [0.1, 0.15) is 5.82 Å². The maximum atomic E-state index is 11.9. The van der Waals surface area contributed by atoms with E-state index >= 15 is 0 Å². The number of carbonyl (C=O) groups excluding carboxylic acids is 1. The lowest BCUT2D eigenvalue weighted by Crippen LogP contribution is -2.43. The van der Waals surface area contributed by atoms with E-state index in [0.717, 1.165) is 30.5 Å². The second kappa shape index (κ2) is 5.95. The van der Waals surface area contributed by atoms with Crippen LogP contribution in [0.2, 0.25) is 0 Å². The molecule has 1 fully saturated rings. The third-order valence-electron chi connectivity index (χ3n) is 3.92. The normalized spacial score (nSPS) is 20.8. The van der Waals surface area contributed by atoms with Gasteiger partial charge in [-0.2, -0.15) is 5.10 Å². The van der Waals surface area contributed by atoms with Crippen LogP contribution in [0, 0.1) is 0 Å². The number of hydrogen-bond donors (Lipinski definition) is 3. The molecule has 1 aliphatic carbocycles. The Morgan fingerprint density at radius 2 is 2.33 bits per heavy atom. The molecule has 2 aromatic heterocycles. The SMILES string of the molecule is Nc1cc(C2CC(NC(=O)CCc3cccnc3)C2)[nH]n1. The van der Waals surface area contributed by atoms with Crippen molar-refractivity contribution >= 4 is 11.7 Å². The van der Waals surface area contributed by atoms with Crippen molar-refractivity contribution in [2.24, 2.45) is 0 Å². The summed E-state index contributed by atoms with van der Waals surface area (Å²) in [5.74, 6) is 1.05. The summed E-state index contributed by atoms with van der Waals surface area (Å²) in [4.78, 5) is 15.9. The van der Waals surface area contributed by atoms with Gasteiger partial charge in [-0.05, 0) is 30.9 Å². The molecule has 0 unspecified atom stereocenters. The van der Waals surface area contributed by atoms with E-state index in [1.165, 1.54) is 0 Å². The van der Waals surface area contributed by atoms with Crippen molar-refractivity contribution in [2.75, 3.05) is 5.73 Å². The van der Waals surface area contributed by atoms with Gasteiger partial charge in [0.05, 0.1) is 0 Å². The number of anilines is 1. The average Bonchev–Trinajstić information content (AvgIpc) is 2.87. The highest BCUT2D eigenvalue weighted by molar-refractivity contribution is 5.76. The van der Waals surface area contributed by atoms with E-state index in [2.05, 4.69) is 20.5 Å². The minimum atomic E-state index is 0.103. The van der Waals surface area contributed by atoms with E-state index in [9.17, 15) is 4.79 Å². The van der Waals surface area contributed by atoms with Crippen molar-refractivity contribution in [3.63, 3.8) is 0 Å². The van der Waals surface area contributed by atoms with Crippen LogP contribution < -0.4 is 11.1 Å². The summed E-state index contributed by atoms with van der Waals surface area (Å²) in [7, 11) is 0. The zero-order valence-electron chi connectivity index (χ0n) is 11.7. The highest BCUT2D eigenvalue weighted by atomic mass is 16.1. The Bertz CT molecular complexity index is 604. The van der Waals surface area contributed by atoms with Crippen LogP contribution in [-0.2, 0) is 11.2 Å². The standard InChI is InChI=1S/C15H19N5O/c16-14-8-13(19-20-14)11-6-12(7-11)18-15(21)4-3-10-2-1-5-17-9-10/h1-2,5,8-9,11-12H,3-4,6-7H2,(H,18,21)(H3,16,19,20). The Balaban J connectivity index is 1.39. The fraction of sp³-hybridized carbons (Fsp3) is 0.400. The van der Waals surface area contributed by atoms with Crippen LogP contribution in [0.25, 0.3) is 0 Å². The minimum absolute atomic E-state index is 0.103. The molecular formula is C15H19N5O. The van der Waals surface area contributed by atoms with Crippen molar-refractivity contribution in [2.45, 2.75) is 37.6 Å². The molecule has 0 atom stereocenters. The van der Waals surface area contributed by atoms with Crippen LogP contribution in [0.5, 0.6) is 0 Å². The van der Waals surface area contributed by atoms with Gasteiger partial charge >= 0.3 is 0 Å². The largest absolute Gasteiger partial charge is 0.382 e. The van der Waals surface area contributed by atoms with Crippen LogP contribution in [0.15, 0.2) is 30.6 Å². The summed E-state index contributed by atoms with van der Waals surface area (Å²) in [5, 5.41) is 9.93. The van der Waals surface area contributed by atoms with Crippen molar-refractivity contribution in [1.82, 2.24) is 20.5 Å². The molecule has 3 rings (SSSR count). The molecule has 4 N–H and O–H groups in total. The van der Waals surface area contributed by atoms with E-state index in [4.69, 9.17) is 5.73 Å². The number of aromatic nitrogens is 3. The van der Waals surface area contributed by atoms with Gasteiger partial charge in [0, 0.05) is 42.5 Å². The maximum Gasteiger partial charge on any atom is 0.220 e. The number of amides is 1. The Hall–Kier alpha value is -2.37. The molecule has 6 heteroatoms. The summed E-state index contributed by atoms with van der Waals surface area (Å²) < 4.78 is 0. The molecule has 110 valence electrons. The first-order valence-corrected chi connectivity index (χ1v) is 7.20. The summed E-state index contributed by atoms with van der Waals surface area (Å²) in [6, 6.07) is 6.01. The molecule has 1 amide bonds. The molecule has 0 spiro atoms. The molecule has 0 radical (unpaired) electrons. The minimum Gasteiger partial charge on any atom is -0.382 e. The molecular weight excluding hydrogens is 266 g/mol. The molecule has 2 aromatic rings. The zero-order chi connectivity index (χ0) is 14.7. The number of aromatic amines is 1. The second-order valence-corrected chi connectivity index (χ2v) is 5.54. The number of pyridine rings is 1. The molecule has 0 aliphatic heterocycles. The first-order chi connectivity index (χ1) is 10.2. The number of nitrogen functional groups attached to an aromatic ring is 1. The van der Waals surface area contributed by atoms with Gasteiger partial charge in [0.15, 0.2) is 0 Å². The number of rotatable bonds is 5. The van der Waals surface area contributed by atoms with Gasteiger partial charge < -0.3 is 11.1 Å². The topological polar surface area (TPSA) is 96.7 Å². The van der Waals surface area contributed by atoms with Crippen molar-refractivity contribution in [3.8, 4) is 0 Å². The van der Waals surface area contributed by atoms with E-state index in [1.54, 1.807) is 12.4 Å².